The molecule has 120 valence electrons. The van der Waals surface area contributed by atoms with Gasteiger partial charge in [0.1, 0.15) is 0 Å². The van der Waals surface area contributed by atoms with Crippen molar-refractivity contribution in [3.05, 3.63) is 41.4 Å². The van der Waals surface area contributed by atoms with Gasteiger partial charge in [0.05, 0.1) is 4.90 Å². The molecule has 0 saturated carbocycles. The fourth-order valence-electron chi connectivity index (χ4n) is 2.79. The van der Waals surface area contributed by atoms with Gasteiger partial charge in [-0.05, 0) is 25.0 Å². The summed E-state index contributed by atoms with van der Waals surface area (Å²) in [6.45, 7) is 0.895. The van der Waals surface area contributed by atoms with Crippen molar-refractivity contribution in [3.8, 4) is 0 Å². The van der Waals surface area contributed by atoms with Gasteiger partial charge in [0, 0.05) is 34.9 Å². The van der Waals surface area contributed by atoms with Crippen LogP contribution >= 0.6 is 24.0 Å². The second-order valence-corrected chi connectivity index (χ2v) is 7.67. The number of hydrogen-bond donors (Lipinski definition) is 1. The van der Waals surface area contributed by atoms with Crippen molar-refractivity contribution < 1.29 is 8.42 Å². The Kier molecular flexibility index (Phi) is 5.35. The predicted molar refractivity (Wildman–Crippen MR) is 92.2 cm³/mol. The van der Waals surface area contributed by atoms with Gasteiger partial charge < -0.3 is 5.73 Å². The van der Waals surface area contributed by atoms with Gasteiger partial charge in [0.25, 0.3) is 0 Å². The third kappa shape index (κ3) is 3.09. The highest BCUT2D eigenvalue weighted by Crippen LogP contribution is 2.31. The molecule has 0 aromatic heterocycles. The first-order valence-electron chi connectivity index (χ1n) is 6.93. The Hall–Kier alpha value is -0.850. The van der Waals surface area contributed by atoms with Crippen molar-refractivity contribution >= 4 is 44.8 Å². The molecule has 0 aliphatic carbocycles. The van der Waals surface area contributed by atoms with Crippen LogP contribution in [0.5, 0.6) is 0 Å². The number of rotatable bonds is 2. The maximum Gasteiger partial charge on any atom is 0.243 e. The molecule has 0 bridgehead atoms. The summed E-state index contributed by atoms with van der Waals surface area (Å²) in [6, 6.07) is 10.4. The third-order valence-electron chi connectivity index (χ3n) is 3.87. The van der Waals surface area contributed by atoms with E-state index in [1.165, 1.54) is 4.31 Å². The Labute approximate surface area is 141 Å². The lowest BCUT2D eigenvalue weighted by atomic mass is 10.1. The van der Waals surface area contributed by atoms with E-state index < -0.39 is 10.0 Å². The first-order valence-corrected chi connectivity index (χ1v) is 8.75. The van der Waals surface area contributed by atoms with Crippen LogP contribution in [0, 0.1) is 0 Å². The van der Waals surface area contributed by atoms with Gasteiger partial charge >= 0.3 is 0 Å². The standard InChI is InChI=1S/C15H17ClN2O2S.ClH/c16-14-7-8-15(13-6-2-1-5-12(13)14)21(19,20)18-9-3-4-11(17)10-18;/h1-2,5-8,11H,3-4,9-10,17H2;1H. The molecule has 1 aliphatic rings. The zero-order chi connectivity index (χ0) is 15.0. The zero-order valence-corrected chi connectivity index (χ0v) is 14.3. The van der Waals surface area contributed by atoms with Crippen LogP contribution in [0.15, 0.2) is 41.3 Å². The minimum absolute atomic E-state index is 0. The summed E-state index contributed by atoms with van der Waals surface area (Å²) < 4.78 is 27.3. The first kappa shape index (κ1) is 17.5. The maximum absolute atomic E-state index is 12.9. The molecule has 2 aromatic rings. The summed E-state index contributed by atoms with van der Waals surface area (Å²) in [7, 11) is -3.54. The van der Waals surface area contributed by atoms with Gasteiger partial charge in [0.2, 0.25) is 10.0 Å². The van der Waals surface area contributed by atoms with E-state index >= 15 is 0 Å². The average Bonchev–Trinajstić information content (AvgIpc) is 2.47. The number of nitrogens with two attached hydrogens (primary N) is 1. The highest BCUT2D eigenvalue weighted by molar-refractivity contribution is 7.89. The molecule has 0 spiro atoms. The maximum atomic E-state index is 12.9. The lowest BCUT2D eigenvalue weighted by molar-refractivity contribution is 0.316. The molecule has 1 atom stereocenters. The SMILES string of the molecule is Cl.NC1CCCN(S(=O)(=O)c2ccc(Cl)c3ccccc23)C1. The summed E-state index contributed by atoms with van der Waals surface area (Å²) in [4.78, 5) is 0.302. The number of fused-ring (bicyclic) bond motifs is 1. The molecule has 2 aromatic carbocycles. The number of nitrogens with zero attached hydrogens (tertiary/aromatic N) is 1. The predicted octanol–water partition coefficient (Wildman–Crippen LogP) is 3.03. The van der Waals surface area contributed by atoms with Crippen LogP contribution in [-0.2, 0) is 10.0 Å². The van der Waals surface area contributed by atoms with E-state index in [1.54, 1.807) is 18.2 Å². The lowest BCUT2D eigenvalue weighted by Gasteiger charge is -2.30. The molecule has 22 heavy (non-hydrogen) atoms. The van der Waals surface area contributed by atoms with E-state index in [9.17, 15) is 8.42 Å². The Morgan fingerprint density at radius 3 is 2.50 bits per heavy atom. The van der Waals surface area contributed by atoms with Crippen LogP contribution in [0.4, 0.5) is 0 Å². The first-order chi connectivity index (χ1) is 10.00. The van der Waals surface area contributed by atoms with E-state index in [-0.39, 0.29) is 18.4 Å². The molecule has 0 amide bonds. The van der Waals surface area contributed by atoms with Crippen molar-refractivity contribution in [3.63, 3.8) is 0 Å². The summed E-state index contributed by atoms with van der Waals surface area (Å²) in [5.41, 5.74) is 5.91. The van der Waals surface area contributed by atoms with Crippen molar-refractivity contribution in [1.82, 2.24) is 4.31 Å². The van der Waals surface area contributed by atoms with Crippen LogP contribution in [-0.4, -0.2) is 31.9 Å². The minimum Gasteiger partial charge on any atom is -0.327 e. The number of piperidine rings is 1. The molecular formula is C15H18Cl2N2O2S. The number of halogens is 2. The Morgan fingerprint density at radius 2 is 1.82 bits per heavy atom. The number of sulfonamides is 1. The molecule has 1 aliphatic heterocycles. The largest absolute Gasteiger partial charge is 0.327 e. The zero-order valence-electron chi connectivity index (χ0n) is 11.9. The number of hydrogen-bond acceptors (Lipinski definition) is 3. The van der Waals surface area contributed by atoms with E-state index in [1.807, 2.05) is 18.2 Å². The van der Waals surface area contributed by atoms with Crippen LogP contribution in [0.3, 0.4) is 0 Å². The van der Waals surface area contributed by atoms with E-state index in [2.05, 4.69) is 0 Å². The molecule has 1 unspecified atom stereocenters. The van der Waals surface area contributed by atoms with Gasteiger partial charge in [-0.2, -0.15) is 4.31 Å². The Bertz CT molecular complexity index is 780. The second kappa shape index (κ2) is 6.72. The van der Waals surface area contributed by atoms with Gasteiger partial charge in [0.15, 0.2) is 0 Å². The van der Waals surface area contributed by atoms with Crippen LogP contribution in [0.2, 0.25) is 5.02 Å². The molecule has 7 heteroatoms. The monoisotopic (exact) mass is 360 g/mol. The van der Waals surface area contributed by atoms with Crippen molar-refractivity contribution in [2.45, 2.75) is 23.8 Å². The normalized spacial score (nSPS) is 19.8. The summed E-state index contributed by atoms with van der Waals surface area (Å²) >= 11 is 6.16. The van der Waals surface area contributed by atoms with Crippen molar-refractivity contribution in [1.29, 1.82) is 0 Å². The van der Waals surface area contributed by atoms with Gasteiger partial charge in [-0.15, -0.1) is 12.4 Å². The van der Waals surface area contributed by atoms with E-state index in [0.29, 0.717) is 28.4 Å². The molecule has 1 heterocycles. The molecule has 2 N–H and O–H groups in total. The molecule has 1 fully saturated rings. The van der Waals surface area contributed by atoms with Gasteiger partial charge in [-0.25, -0.2) is 8.42 Å². The molecule has 4 nitrogen and oxygen atoms in total. The molecule has 0 radical (unpaired) electrons. The Morgan fingerprint density at radius 1 is 1.14 bits per heavy atom. The Balaban J connectivity index is 0.00000176. The van der Waals surface area contributed by atoms with Crippen LogP contribution < -0.4 is 5.73 Å². The van der Waals surface area contributed by atoms with Crippen molar-refractivity contribution in [2.75, 3.05) is 13.1 Å². The van der Waals surface area contributed by atoms with E-state index in [4.69, 9.17) is 17.3 Å². The highest BCUT2D eigenvalue weighted by atomic mass is 35.5. The van der Waals surface area contributed by atoms with E-state index in [0.717, 1.165) is 18.2 Å². The molecule has 1 saturated heterocycles. The van der Waals surface area contributed by atoms with Crippen LogP contribution in [0.1, 0.15) is 12.8 Å². The fourth-order valence-corrected chi connectivity index (χ4v) is 4.75. The number of benzene rings is 2. The summed E-state index contributed by atoms with van der Waals surface area (Å²) in [5.74, 6) is 0. The van der Waals surface area contributed by atoms with Gasteiger partial charge in [-0.3, -0.25) is 0 Å². The topological polar surface area (TPSA) is 63.4 Å². The second-order valence-electron chi connectivity index (χ2n) is 5.36. The van der Waals surface area contributed by atoms with Crippen LogP contribution in [0.25, 0.3) is 10.8 Å². The molecular weight excluding hydrogens is 343 g/mol. The molecule has 3 rings (SSSR count). The summed E-state index contributed by atoms with van der Waals surface area (Å²) in [6.07, 6.45) is 1.67. The fraction of sp³-hybridized carbons (Fsp3) is 0.333. The minimum atomic E-state index is -3.54. The third-order valence-corrected chi connectivity index (χ3v) is 6.12. The lowest BCUT2D eigenvalue weighted by Crippen LogP contribution is -2.45. The van der Waals surface area contributed by atoms with Gasteiger partial charge in [-0.1, -0.05) is 35.9 Å². The summed E-state index contributed by atoms with van der Waals surface area (Å²) in [5, 5.41) is 1.96. The average molecular weight is 361 g/mol. The smallest absolute Gasteiger partial charge is 0.243 e. The highest BCUT2D eigenvalue weighted by Gasteiger charge is 2.30. The quantitative estimate of drug-likeness (QED) is 0.894. The van der Waals surface area contributed by atoms with Crippen molar-refractivity contribution in [2.24, 2.45) is 5.73 Å².